The summed E-state index contributed by atoms with van der Waals surface area (Å²) in [5, 5.41) is 3.34. The van der Waals surface area contributed by atoms with Crippen LogP contribution in [0.4, 0.5) is 0 Å². The van der Waals surface area contributed by atoms with Crippen molar-refractivity contribution in [2.45, 2.75) is 64.8 Å². The Kier molecular flexibility index (Phi) is 3.59. The second kappa shape index (κ2) is 4.50. The van der Waals surface area contributed by atoms with E-state index in [9.17, 15) is 4.79 Å². The van der Waals surface area contributed by atoms with Gasteiger partial charge in [0.05, 0.1) is 4.83 Å². The van der Waals surface area contributed by atoms with Gasteiger partial charge in [0.2, 0.25) is 5.91 Å². The van der Waals surface area contributed by atoms with Crippen molar-refractivity contribution in [1.82, 2.24) is 5.32 Å². The highest BCUT2D eigenvalue weighted by molar-refractivity contribution is 9.10. The van der Waals surface area contributed by atoms with Gasteiger partial charge in [-0.3, -0.25) is 4.79 Å². The number of carbonyl (C=O) groups excluding carboxylic acids is 1. The molecule has 1 N–H and O–H groups in total. The highest BCUT2D eigenvalue weighted by Crippen LogP contribution is 2.62. The van der Waals surface area contributed by atoms with Gasteiger partial charge in [-0.05, 0) is 41.9 Å². The molecule has 0 spiro atoms. The topological polar surface area (TPSA) is 29.1 Å². The molecule has 4 unspecified atom stereocenters. The van der Waals surface area contributed by atoms with Gasteiger partial charge in [-0.2, -0.15) is 0 Å². The highest BCUT2D eigenvalue weighted by Gasteiger charge is 2.59. The Morgan fingerprint density at radius 1 is 1.33 bits per heavy atom. The summed E-state index contributed by atoms with van der Waals surface area (Å²) in [4.78, 5) is 12.2. The molecule has 0 heterocycles. The van der Waals surface area contributed by atoms with Crippen molar-refractivity contribution >= 4 is 21.8 Å². The SMILES string of the molecule is CC(C)C(Br)C(=O)NC1C2(C)CCC(C2)C1(C)C. The second-order valence-corrected chi connectivity index (χ2v) is 8.49. The summed E-state index contributed by atoms with van der Waals surface area (Å²) >= 11 is 3.51. The van der Waals surface area contributed by atoms with Crippen molar-refractivity contribution in [3.8, 4) is 0 Å². The molecule has 0 aromatic carbocycles. The Labute approximate surface area is 119 Å². The Bertz CT molecular complexity index is 348. The number of carbonyl (C=O) groups is 1. The molecule has 0 aromatic rings. The fraction of sp³-hybridized carbons (Fsp3) is 0.933. The van der Waals surface area contributed by atoms with E-state index in [1.165, 1.54) is 19.3 Å². The molecule has 2 fully saturated rings. The van der Waals surface area contributed by atoms with Gasteiger partial charge in [0.1, 0.15) is 0 Å². The van der Waals surface area contributed by atoms with E-state index in [0.29, 0.717) is 17.4 Å². The normalized spacial score (nSPS) is 39.1. The minimum absolute atomic E-state index is 0.0731. The van der Waals surface area contributed by atoms with Crippen molar-refractivity contribution < 1.29 is 4.79 Å². The van der Waals surface area contributed by atoms with E-state index >= 15 is 0 Å². The van der Waals surface area contributed by atoms with Gasteiger partial charge in [-0.1, -0.05) is 50.5 Å². The quantitative estimate of drug-likeness (QED) is 0.790. The molecule has 2 nitrogen and oxygen atoms in total. The molecule has 2 bridgehead atoms. The molecular formula is C15H26BrNO. The predicted octanol–water partition coefficient (Wildman–Crippen LogP) is 3.74. The summed E-state index contributed by atoms with van der Waals surface area (Å²) in [6, 6.07) is 0.329. The first kappa shape index (κ1) is 14.4. The summed E-state index contributed by atoms with van der Waals surface area (Å²) in [6.07, 6.45) is 3.87. The number of hydrogen-bond donors (Lipinski definition) is 1. The number of alkyl halides is 1. The average Bonchev–Trinajstić information content (AvgIpc) is 2.74. The highest BCUT2D eigenvalue weighted by atomic mass is 79.9. The van der Waals surface area contributed by atoms with Crippen LogP contribution in [-0.2, 0) is 4.79 Å². The minimum Gasteiger partial charge on any atom is -0.351 e. The van der Waals surface area contributed by atoms with E-state index in [1.807, 2.05) is 0 Å². The Morgan fingerprint density at radius 3 is 2.39 bits per heavy atom. The molecule has 0 aliphatic heterocycles. The third-order valence-electron chi connectivity index (χ3n) is 5.39. The monoisotopic (exact) mass is 315 g/mol. The van der Waals surface area contributed by atoms with E-state index in [-0.39, 0.29) is 16.1 Å². The van der Waals surface area contributed by atoms with E-state index in [2.05, 4.69) is 55.9 Å². The maximum Gasteiger partial charge on any atom is 0.234 e. The number of amides is 1. The van der Waals surface area contributed by atoms with Gasteiger partial charge in [0.15, 0.2) is 0 Å². The third-order valence-corrected chi connectivity index (χ3v) is 6.87. The molecule has 18 heavy (non-hydrogen) atoms. The maximum absolute atomic E-state index is 12.3. The lowest BCUT2D eigenvalue weighted by Crippen LogP contribution is -2.54. The number of fused-ring (bicyclic) bond motifs is 2. The van der Waals surface area contributed by atoms with Gasteiger partial charge in [-0.25, -0.2) is 0 Å². The van der Waals surface area contributed by atoms with Crippen molar-refractivity contribution in [3.63, 3.8) is 0 Å². The Hall–Kier alpha value is -0.0500. The molecule has 104 valence electrons. The molecule has 0 saturated heterocycles. The van der Waals surface area contributed by atoms with Crippen LogP contribution < -0.4 is 5.32 Å². The summed E-state index contributed by atoms with van der Waals surface area (Å²) in [7, 11) is 0. The summed E-state index contributed by atoms with van der Waals surface area (Å²) < 4.78 is 0. The predicted molar refractivity (Wildman–Crippen MR) is 78.7 cm³/mol. The van der Waals surface area contributed by atoms with Gasteiger partial charge in [0, 0.05) is 6.04 Å². The van der Waals surface area contributed by atoms with Gasteiger partial charge >= 0.3 is 0 Å². The first-order valence-corrected chi connectivity index (χ1v) is 8.04. The molecule has 1 amide bonds. The molecule has 2 aliphatic carbocycles. The first-order valence-electron chi connectivity index (χ1n) is 7.13. The van der Waals surface area contributed by atoms with Crippen LogP contribution in [0.3, 0.4) is 0 Å². The molecule has 2 aliphatic rings. The van der Waals surface area contributed by atoms with Crippen LogP contribution in [0, 0.1) is 22.7 Å². The fourth-order valence-corrected chi connectivity index (χ4v) is 4.32. The maximum atomic E-state index is 12.3. The number of rotatable bonds is 3. The smallest absolute Gasteiger partial charge is 0.234 e. The summed E-state index contributed by atoms with van der Waals surface area (Å²) in [5.41, 5.74) is 0.555. The molecular weight excluding hydrogens is 290 g/mol. The van der Waals surface area contributed by atoms with Crippen LogP contribution in [0.2, 0.25) is 0 Å². The molecule has 2 rings (SSSR count). The standard InChI is InChI=1S/C15H26BrNO/c1-9(2)11(16)12(18)17-13-14(3,4)10-6-7-15(13,5)8-10/h9-11,13H,6-8H2,1-5H3,(H,17,18). The Balaban J connectivity index is 2.12. The zero-order valence-electron chi connectivity index (χ0n) is 12.2. The molecule has 0 aromatic heterocycles. The van der Waals surface area contributed by atoms with E-state index < -0.39 is 0 Å². The largest absolute Gasteiger partial charge is 0.351 e. The lowest BCUT2D eigenvalue weighted by atomic mass is 9.68. The molecule has 3 heteroatoms. The van der Waals surface area contributed by atoms with Crippen LogP contribution in [0.5, 0.6) is 0 Å². The molecule has 0 radical (unpaired) electrons. The van der Waals surface area contributed by atoms with Crippen molar-refractivity contribution in [2.24, 2.45) is 22.7 Å². The summed E-state index contributed by atoms with van der Waals surface area (Å²) in [5.74, 6) is 1.27. The van der Waals surface area contributed by atoms with Crippen molar-refractivity contribution in [3.05, 3.63) is 0 Å². The lowest BCUT2D eigenvalue weighted by molar-refractivity contribution is -0.123. The fourth-order valence-electron chi connectivity index (χ4n) is 4.19. The first-order chi connectivity index (χ1) is 8.18. The van der Waals surface area contributed by atoms with Crippen molar-refractivity contribution in [1.29, 1.82) is 0 Å². The second-order valence-electron chi connectivity index (χ2n) is 7.50. The molecule has 2 saturated carbocycles. The van der Waals surface area contributed by atoms with Crippen LogP contribution in [-0.4, -0.2) is 16.8 Å². The van der Waals surface area contributed by atoms with Gasteiger partial charge in [-0.15, -0.1) is 0 Å². The Morgan fingerprint density at radius 2 is 1.94 bits per heavy atom. The van der Waals surface area contributed by atoms with E-state index in [0.717, 1.165) is 5.92 Å². The third kappa shape index (κ3) is 2.13. The van der Waals surface area contributed by atoms with Crippen LogP contribution in [0.15, 0.2) is 0 Å². The number of hydrogen-bond acceptors (Lipinski definition) is 1. The van der Waals surface area contributed by atoms with Crippen LogP contribution in [0.1, 0.15) is 53.9 Å². The number of nitrogens with one attached hydrogen (secondary N) is 1. The van der Waals surface area contributed by atoms with E-state index in [4.69, 9.17) is 0 Å². The van der Waals surface area contributed by atoms with Crippen LogP contribution in [0.25, 0.3) is 0 Å². The van der Waals surface area contributed by atoms with Crippen molar-refractivity contribution in [2.75, 3.05) is 0 Å². The van der Waals surface area contributed by atoms with E-state index in [1.54, 1.807) is 0 Å². The zero-order chi connectivity index (χ0) is 13.7. The summed E-state index contributed by atoms with van der Waals surface area (Å²) in [6.45, 7) is 11.2. The van der Waals surface area contributed by atoms with Gasteiger partial charge in [0.25, 0.3) is 0 Å². The van der Waals surface area contributed by atoms with Gasteiger partial charge < -0.3 is 5.32 Å². The minimum atomic E-state index is -0.0731. The zero-order valence-corrected chi connectivity index (χ0v) is 13.8. The number of halogens is 1. The van der Waals surface area contributed by atoms with Crippen LogP contribution >= 0.6 is 15.9 Å². The lowest BCUT2D eigenvalue weighted by Gasteiger charge is -2.43. The molecule has 4 atom stereocenters. The average molecular weight is 316 g/mol.